The Morgan fingerprint density at radius 1 is 1.09 bits per heavy atom. The highest BCUT2D eigenvalue weighted by Gasteiger charge is 2.32. The van der Waals surface area contributed by atoms with Crippen molar-refractivity contribution in [3.63, 3.8) is 0 Å². The third-order valence-corrected chi connectivity index (χ3v) is 6.65. The number of amides is 1. The van der Waals surface area contributed by atoms with Crippen LogP contribution in [0.5, 0.6) is 11.5 Å². The molecule has 0 aliphatic carbocycles. The number of benzene rings is 2. The van der Waals surface area contributed by atoms with Crippen molar-refractivity contribution in [2.45, 2.75) is 37.1 Å². The molecular formula is C25H26FN3O4S. The van der Waals surface area contributed by atoms with Crippen LogP contribution in [0.1, 0.15) is 42.9 Å². The number of anilines is 1. The van der Waals surface area contributed by atoms with Gasteiger partial charge in [0.05, 0.1) is 18.8 Å². The molecule has 0 fully saturated rings. The number of halogens is 1. The lowest BCUT2D eigenvalue weighted by Crippen LogP contribution is -2.33. The van der Waals surface area contributed by atoms with Crippen molar-refractivity contribution in [1.29, 1.82) is 0 Å². The van der Waals surface area contributed by atoms with E-state index in [0.29, 0.717) is 47.0 Å². The van der Waals surface area contributed by atoms with Crippen molar-refractivity contribution in [3.05, 3.63) is 75.3 Å². The van der Waals surface area contributed by atoms with Crippen LogP contribution < -0.4 is 20.3 Å². The lowest BCUT2D eigenvalue weighted by Gasteiger charge is -2.28. The van der Waals surface area contributed by atoms with Gasteiger partial charge in [-0.2, -0.15) is 4.98 Å². The number of carbonyl (C=O) groups excluding carboxylic acids is 1. The molecule has 4 rings (SSSR count). The fourth-order valence-corrected chi connectivity index (χ4v) is 4.88. The van der Waals surface area contributed by atoms with Gasteiger partial charge in [0, 0.05) is 25.1 Å². The van der Waals surface area contributed by atoms with E-state index in [1.165, 1.54) is 23.9 Å². The Bertz CT molecular complexity index is 1260. The quantitative estimate of drug-likeness (QED) is 0.376. The normalized spacial score (nSPS) is 14.9. The summed E-state index contributed by atoms with van der Waals surface area (Å²) >= 11 is 1.35. The van der Waals surface area contributed by atoms with Gasteiger partial charge in [-0.3, -0.25) is 9.59 Å². The van der Waals surface area contributed by atoms with Gasteiger partial charge in [0.25, 0.3) is 5.56 Å². The van der Waals surface area contributed by atoms with Crippen molar-refractivity contribution in [3.8, 4) is 11.5 Å². The molecule has 1 atom stereocenters. The Labute approximate surface area is 201 Å². The predicted octanol–water partition coefficient (Wildman–Crippen LogP) is 4.48. The number of ether oxygens (including phenoxy) is 2. The minimum atomic E-state index is -0.457. The molecule has 178 valence electrons. The lowest BCUT2D eigenvalue weighted by atomic mass is 9.86. The number of carbonyl (C=O) groups is 1. The van der Waals surface area contributed by atoms with Gasteiger partial charge in [-0.15, -0.1) is 0 Å². The Balaban J connectivity index is 1.70. The van der Waals surface area contributed by atoms with Gasteiger partial charge in [-0.25, -0.2) is 4.39 Å². The molecule has 1 aliphatic rings. The van der Waals surface area contributed by atoms with Crippen molar-refractivity contribution >= 4 is 23.5 Å². The van der Waals surface area contributed by atoms with Crippen molar-refractivity contribution in [2.24, 2.45) is 7.05 Å². The number of hydrogen-bond donors (Lipinski definition) is 1. The highest BCUT2D eigenvalue weighted by molar-refractivity contribution is 7.98. The first-order valence-corrected chi connectivity index (χ1v) is 12.1. The Morgan fingerprint density at radius 3 is 2.50 bits per heavy atom. The van der Waals surface area contributed by atoms with Crippen LogP contribution in [0.3, 0.4) is 0 Å². The van der Waals surface area contributed by atoms with Crippen LogP contribution in [-0.4, -0.2) is 28.7 Å². The summed E-state index contributed by atoms with van der Waals surface area (Å²) in [5, 5.41) is 3.32. The molecule has 1 aliphatic heterocycles. The summed E-state index contributed by atoms with van der Waals surface area (Å²) in [7, 11) is 1.77. The van der Waals surface area contributed by atoms with E-state index < -0.39 is 5.92 Å². The summed E-state index contributed by atoms with van der Waals surface area (Å²) in [4.78, 5) is 30.1. The zero-order valence-corrected chi connectivity index (χ0v) is 20.1. The SMILES string of the molecule is CCOc1ccc([C@H]2CC(=O)Nc3c2c(=O)nc(SCc2ccc(F)cc2)n3C)cc1OCC. The largest absolute Gasteiger partial charge is 0.490 e. The summed E-state index contributed by atoms with van der Waals surface area (Å²) < 4.78 is 26.3. The van der Waals surface area contributed by atoms with Gasteiger partial charge in [0.1, 0.15) is 11.6 Å². The van der Waals surface area contributed by atoms with Gasteiger partial charge in [0.15, 0.2) is 16.7 Å². The van der Waals surface area contributed by atoms with Crippen LogP contribution in [0.15, 0.2) is 52.4 Å². The lowest BCUT2D eigenvalue weighted by molar-refractivity contribution is -0.116. The average Bonchev–Trinajstić information content (AvgIpc) is 2.82. The van der Waals surface area contributed by atoms with E-state index >= 15 is 0 Å². The number of aromatic nitrogens is 2. The minimum absolute atomic E-state index is 0.130. The molecule has 0 saturated carbocycles. The number of nitrogens with one attached hydrogen (secondary N) is 1. The number of rotatable bonds is 8. The summed E-state index contributed by atoms with van der Waals surface area (Å²) in [5.41, 5.74) is 1.75. The molecule has 0 spiro atoms. The monoisotopic (exact) mass is 483 g/mol. The van der Waals surface area contributed by atoms with E-state index in [0.717, 1.165) is 11.1 Å². The van der Waals surface area contributed by atoms with Crippen LogP contribution in [0, 0.1) is 5.82 Å². The molecule has 0 saturated heterocycles. The second-order valence-corrected chi connectivity index (χ2v) is 8.76. The fraction of sp³-hybridized carbons (Fsp3) is 0.320. The summed E-state index contributed by atoms with van der Waals surface area (Å²) in [6.07, 6.45) is 0.130. The van der Waals surface area contributed by atoms with E-state index in [4.69, 9.17) is 9.47 Å². The van der Waals surface area contributed by atoms with Crippen molar-refractivity contribution < 1.29 is 18.7 Å². The van der Waals surface area contributed by atoms with Crippen LogP contribution in [0.2, 0.25) is 0 Å². The van der Waals surface area contributed by atoms with Gasteiger partial charge in [-0.05, 0) is 49.2 Å². The van der Waals surface area contributed by atoms with E-state index in [-0.39, 0.29) is 23.7 Å². The summed E-state index contributed by atoms with van der Waals surface area (Å²) in [6, 6.07) is 11.7. The molecule has 3 aromatic rings. The summed E-state index contributed by atoms with van der Waals surface area (Å²) in [6.45, 7) is 4.74. The highest BCUT2D eigenvalue weighted by atomic mass is 32.2. The minimum Gasteiger partial charge on any atom is -0.490 e. The fourth-order valence-electron chi connectivity index (χ4n) is 3.96. The topological polar surface area (TPSA) is 82.5 Å². The maximum atomic E-state index is 13.2. The maximum absolute atomic E-state index is 13.2. The maximum Gasteiger partial charge on any atom is 0.279 e. The number of nitrogens with zero attached hydrogens (tertiary/aromatic N) is 2. The van der Waals surface area contributed by atoms with E-state index in [1.807, 2.05) is 26.0 Å². The Kier molecular flexibility index (Phi) is 7.21. The predicted molar refractivity (Wildman–Crippen MR) is 129 cm³/mol. The smallest absolute Gasteiger partial charge is 0.279 e. The standard InChI is InChI=1S/C25H26FN3O4S/c1-4-32-19-11-8-16(12-20(19)33-5-2)18-13-21(30)27-23-22(18)24(31)28-25(29(23)3)34-14-15-6-9-17(26)10-7-15/h6-12,18H,4-5,13-14H2,1-3H3,(H,27,30)/t18-/m1/s1. The third kappa shape index (κ3) is 4.94. The number of hydrogen-bond acceptors (Lipinski definition) is 6. The first-order valence-electron chi connectivity index (χ1n) is 11.1. The molecule has 1 aromatic heterocycles. The first-order chi connectivity index (χ1) is 16.4. The zero-order chi connectivity index (χ0) is 24.2. The van der Waals surface area contributed by atoms with Crippen molar-refractivity contribution in [1.82, 2.24) is 9.55 Å². The van der Waals surface area contributed by atoms with Crippen LogP contribution in [0.25, 0.3) is 0 Å². The molecule has 0 bridgehead atoms. The highest BCUT2D eigenvalue weighted by Crippen LogP contribution is 2.39. The second-order valence-electron chi connectivity index (χ2n) is 7.81. The average molecular weight is 484 g/mol. The van der Waals surface area contributed by atoms with Crippen LogP contribution in [-0.2, 0) is 17.6 Å². The van der Waals surface area contributed by atoms with Gasteiger partial charge >= 0.3 is 0 Å². The van der Waals surface area contributed by atoms with Crippen LogP contribution >= 0.6 is 11.8 Å². The van der Waals surface area contributed by atoms with Gasteiger partial charge in [0.2, 0.25) is 5.91 Å². The first kappa shape index (κ1) is 23.8. The molecule has 2 aromatic carbocycles. The molecule has 2 heterocycles. The van der Waals surface area contributed by atoms with Crippen LogP contribution in [0.4, 0.5) is 10.2 Å². The third-order valence-electron chi connectivity index (χ3n) is 5.55. The molecule has 7 nitrogen and oxygen atoms in total. The molecule has 0 radical (unpaired) electrons. The number of thioether (sulfide) groups is 1. The summed E-state index contributed by atoms with van der Waals surface area (Å²) in [5.74, 6) is 1.20. The molecule has 1 N–H and O–H groups in total. The van der Waals surface area contributed by atoms with E-state index in [2.05, 4.69) is 10.3 Å². The Morgan fingerprint density at radius 2 is 1.79 bits per heavy atom. The molecule has 34 heavy (non-hydrogen) atoms. The second kappa shape index (κ2) is 10.3. The molecule has 0 unspecified atom stereocenters. The van der Waals surface area contributed by atoms with Gasteiger partial charge in [-0.1, -0.05) is 30.0 Å². The molecule has 9 heteroatoms. The molecule has 1 amide bonds. The van der Waals surface area contributed by atoms with Gasteiger partial charge < -0.3 is 19.4 Å². The van der Waals surface area contributed by atoms with E-state index in [1.54, 1.807) is 29.8 Å². The zero-order valence-electron chi connectivity index (χ0n) is 19.3. The molecular weight excluding hydrogens is 457 g/mol. The number of fused-ring (bicyclic) bond motifs is 1. The Hall–Kier alpha value is -3.33. The van der Waals surface area contributed by atoms with Crippen molar-refractivity contribution in [2.75, 3.05) is 18.5 Å². The van der Waals surface area contributed by atoms with E-state index in [9.17, 15) is 14.0 Å².